The van der Waals surface area contributed by atoms with Crippen LogP contribution in [0.25, 0.3) is 0 Å². The summed E-state index contributed by atoms with van der Waals surface area (Å²) in [6.45, 7) is 5.60. The minimum absolute atomic E-state index is 0.0549. The van der Waals surface area contributed by atoms with Crippen LogP contribution in [0.5, 0.6) is 0 Å². The number of rotatable bonds is 6. The van der Waals surface area contributed by atoms with E-state index in [1.165, 1.54) is 18.4 Å². The molecular weight excluding hydrogens is 314 g/mol. The Balaban J connectivity index is 1.41. The molecule has 0 radical (unpaired) electrons. The van der Waals surface area contributed by atoms with Crippen LogP contribution in [0.15, 0.2) is 24.5 Å². The van der Waals surface area contributed by atoms with Crippen molar-refractivity contribution >= 4 is 5.91 Å². The highest BCUT2D eigenvalue weighted by atomic mass is 16.5. The Morgan fingerprint density at radius 3 is 2.60 bits per heavy atom. The summed E-state index contributed by atoms with van der Waals surface area (Å²) >= 11 is 0. The normalized spacial score (nSPS) is 26.5. The molecule has 5 heteroatoms. The molecule has 1 aromatic rings. The van der Waals surface area contributed by atoms with Crippen molar-refractivity contribution in [1.82, 2.24) is 14.8 Å². The number of piperidine rings is 1. The molecule has 1 aromatic heterocycles. The number of likely N-dealkylation sites (tertiary alicyclic amines) is 2. The van der Waals surface area contributed by atoms with Gasteiger partial charge in [0.25, 0.3) is 0 Å². The molecule has 25 heavy (non-hydrogen) atoms. The van der Waals surface area contributed by atoms with Crippen molar-refractivity contribution in [2.45, 2.75) is 32.2 Å². The molecular formula is C20H29N3O2. The van der Waals surface area contributed by atoms with Gasteiger partial charge < -0.3 is 9.64 Å². The molecule has 136 valence electrons. The standard InChI is InChI=1S/C20H29N3O2/c1-25-14-18-19(24)23(13-16-2-3-16)15-20(18)6-10-22(11-7-20)12-17-4-8-21-9-5-17/h4-5,8-9,16,18H,2-3,6-7,10-15H2,1H3/t18-/m1/s1. The average Bonchev–Trinajstić information content (AvgIpc) is 3.41. The third-order valence-electron chi connectivity index (χ3n) is 6.37. The van der Waals surface area contributed by atoms with Gasteiger partial charge in [0, 0.05) is 44.6 Å². The highest BCUT2D eigenvalue weighted by Crippen LogP contribution is 2.46. The van der Waals surface area contributed by atoms with Crippen molar-refractivity contribution in [3.63, 3.8) is 0 Å². The van der Waals surface area contributed by atoms with Crippen LogP contribution in [0.1, 0.15) is 31.2 Å². The lowest BCUT2D eigenvalue weighted by Crippen LogP contribution is -2.45. The van der Waals surface area contributed by atoms with Crippen LogP contribution < -0.4 is 0 Å². The van der Waals surface area contributed by atoms with Crippen molar-refractivity contribution in [1.29, 1.82) is 0 Å². The number of aromatic nitrogens is 1. The summed E-state index contributed by atoms with van der Waals surface area (Å²) in [4.78, 5) is 21.7. The van der Waals surface area contributed by atoms with Crippen molar-refractivity contribution in [2.24, 2.45) is 17.3 Å². The number of nitrogens with zero attached hydrogens (tertiary/aromatic N) is 3. The van der Waals surface area contributed by atoms with Gasteiger partial charge in [-0.15, -0.1) is 0 Å². The molecule has 2 aliphatic heterocycles. The van der Waals surface area contributed by atoms with Crippen LogP contribution >= 0.6 is 0 Å². The average molecular weight is 343 g/mol. The van der Waals surface area contributed by atoms with Crippen LogP contribution in [0, 0.1) is 17.3 Å². The fraction of sp³-hybridized carbons (Fsp3) is 0.700. The SMILES string of the molecule is COC[C@@H]1C(=O)N(CC2CC2)CC12CCN(Cc1ccncc1)CC2. The zero-order chi connectivity index (χ0) is 17.3. The first-order valence-corrected chi connectivity index (χ1v) is 9.59. The highest BCUT2D eigenvalue weighted by molar-refractivity contribution is 5.82. The van der Waals surface area contributed by atoms with Gasteiger partial charge in [-0.3, -0.25) is 14.7 Å². The lowest BCUT2D eigenvalue weighted by atomic mass is 9.71. The monoisotopic (exact) mass is 343 g/mol. The third-order valence-corrected chi connectivity index (χ3v) is 6.37. The molecule has 3 fully saturated rings. The van der Waals surface area contributed by atoms with Crippen LogP contribution in [-0.2, 0) is 16.1 Å². The molecule has 2 saturated heterocycles. The number of hydrogen-bond acceptors (Lipinski definition) is 4. The zero-order valence-corrected chi connectivity index (χ0v) is 15.2. The third kappa shape index (κ3) is 3.58. The minimum atomic E-state index is 0.0549. The summed E-state index contributed by atoms with van der Waals surface area (Å²) in [6.07, 6.45) is 8.51. The van der Waals surface area contributed by atoms with E-state index in [9.17, 15) is 4.79 Å². The first-order chi connectivity index (χ1) is 12.2. The van der Waals surface area contributed by atoms with E-state index in [1.54, 1.807) is 7.11 Å². The van der Waals surface area contributed by atoms with Crippen LogP contribution in [0.3, 0.4) is 0 Å². The van der Waals surface area contributed by atoms with Gasteiger partial charge in [-0.25, -0.2) is 0 Å². The quantitative estimate of drug-likeness (QED) is 0.794. The smallest absolute Gasteiger partial charge is 0.228 e. The molecule has 3 aliphatic rings. The van der Waals surface area contributed by atoms with Crippen LogP contribution in [0.4, 0.5) is 0 Å². The van der Waals surface area contributed by atoms with Gasteiger partial charge in [-0.2, -0.15) is 0 Å². The molecule has 1 saturated carbocycles. The topological polar surface area (TPSA) is 45.7 Å². The number of ether oxygens (including phenoxy) is 1. The van der Waals surface area contributed by atoms with Gasteiger partial charge in [0.2, 0.25) is 5.91 Å². The van der Waals surface area contributed by atoms with E-state index in [2.05, 4.69) is 26.9 Å². The molecule has 0 unspecified atom stereocenters. The first kappa shape index (κ1) is 17.0. The second-order valence-electron chi connectivity index (χ2n) is 8.16. The number of pyridine rings is 1. The maximum atomic E-state index is 12.9. The van der Waals surface area contributed by atoms with E-state index in [4.69, 9.17) is 4.74 Å². The summed E-state index contributed by atoms with van der Waals surface area (Å²) in [6, 6.07) is 4.18. The van der Waals surface area contributed by atoms with Crippen molar-refractivity contribution in [2.75, 3.05) is 39.9 Å². The summed E-state index contributed by atoms with van der Waals surface area (Å²) < 4.78 is 5.45. The molecule has 1 spiro atoms. The molecule has 1 atom stereocenters. The fourth-order valence-corrected chi connectivity index (χ4v) is 4.64. The molecule has 1 aliphatic carbocycles. The molecule has 5 nitrogen and oxygen atoms in total. The Morgan fingerprint density at radius 2 is 1.96 bits per heavy atom. The Kier molecular flexibility index (Phi) is 4.78. The maximum absolute atomic E-state index is 12.9. The highest BCUT2D eigenvalue weighted by Gasteiger charge is 2.53. The lowest BCUT2D eigenvalue weighted by Gasteiger charge is -2.41. The number of methoxy groups -OCH3 is 1. The second kappa shape index (κ2) is 7.04. The van der Waals surface area contributed by atoms with Gasteiger partial charge >= 0.3 is 0 Å². The van der Waals surface area contributed by atoms with Gasteiger partial charge in [-0.1, -0.05) is 0 Å². The van der Waals surface area contributed by atoms with E-state index < -0.39 is 0 Å². The Bertz CT molecular complexity index is 594. The summed E-state index contributed by atoms with van der Waals surface area (Å²) in [7, 11) is 1.73. The minimum Gasteiger partial charge on any atom is -0.384 e. The Labute approximate surface area is 150 Å². The molecule has 3 heterocycles. The second-order valence-corrected chi connectivity index (χ2v) is 8.16. The first-order valence-electron chi connectivity index (χ1n) is 9.59. The van der Waals surface area contributed by atoms with E-state index >= 15 is 0 Å². The number of amides is 1. The predicted molar refractivity (Wildman–Crippen MR) is 95.9 cm³/mol. The lowest BCUT2D eigenvalue weighted by molar-refractivity contribution is -0.133. The Morgan fingerprint density at radius 1 is 1.24 bits per heavy atom. The summed E-state index contributed by atoms with van der Waals surface area (Å²) in [5.74, 6) is 1.16. The van der Waals surface area contributed by atoms with Gasteiger partial charge in [0.15, 0.2) is 0 Å². The summed E-state index contributed by atoms with van der Waals surface area (Å²) in [5.41, 5.74) is 1.44. The van der Waals surface area contributed by atoms with E-state index in [1.807, 2.05) is 12.4 Å². The predicted octanol–water partition coefficient (Wildman–Crippen LogP) is 2.18. The molecule has 4 rings (SSSR count). The van der Waals surface area contributed by atoms with Crippen molar-refractivity contribution in [3.05, 3.63) is 30.1 Å². The van der Waals surface area contributed by atoms with Crippen molar-refractivity contribution in [3.8, 4) is 0 Å². The molecule has 0 aromatic carbocycles. The van der Waals surface area contributed by atoms with E-state index in [0.717, 1.165) is 51.5 Å². The zero-order valence-electron chi connectivity index (χ0n) is 15.2. The number of carbonyl (C=O) groups is 1. The van der Waals surface area contributed by atoms with E-state index in [-0.39, 0.29) is 11.3 Å². The van der Waals surface area contributed by atoms with Gasteiger partial charge in [0.05, 0.1) is 12.5 Å². The van der Waals surface area contributed by atoms with Crippen LogP contribution in [-0.4, -0.2) is 60.6 Å². The largest absolute Gasteiger partial charge is 0.384 e. The van der Waals surface area contributed by atoms with Gasteiger partial charge in [-0.05, 0) is 62.4 Å². The summed E-state index contributed by atoms with van der Waals surface area (Å²) in [5, 5.41) is 0. The molecule has 0 N–H and O–H groups in total. The van der Waals surface area contributed by atoms with Crippen LogP contribution in [0.2, 0.25) is 0 Å². The number of hydrogen-bond donors (Lipinski definition) is 0. The van der Waals surface area contributed by atoms with E-state index in [0.29, 0.717) is 12.5 Å². The molecule has 0 bridgehead atoms. The fourth-order valence-electron chi connectivity index (χ4n) is 4.64. The molecule has 1 amide bonds. The van der Waals surface area contributed by atoms with Gasteiger partial charge in [0.1, 0.15) is 0 Å². The Hall–Kier alpha value is -1.46. The number of carbonyl (C=O) groups excluding carboxylic acids is 1. The maximum Gasteiger partial charge on any atom is 0.228 e. The van der Waals surface area contributed by atoms with Crippen molar-refractivity contribution < 1.29 is 9.53 Å².